The Kier molecular flexibility index (Phi) is 5.88. The first-order valence-corrected chi connectivity index (χ1v) is 6.14. The van der Waals surface area contributed by atoms with E-state index in [9.17, 15) is 4.79 Å². The van der Waals surface area contributed by atoms with Crippen LogP contribution in [0, 0.1) is 0 Å². The minimum atomic E-state index is -0.140. The van der Waals surface area contributed by atoms with Gasteiger partial charge in [0.25, 0.3) is 5.91 Å². The Balaban J connectivity index is 2.76. The first-order chi connectivity index (χ1) is 8.60. The number of aromatic nitrogens is 1. The molecule has 1 aromatic heterocycles. The van der Waals surface area contributed by atoms with Crippen LogP contribution in [-0.4, -0.2) is 49.6 Å². The van der Waals surface area contributed by atoms with Gasteiger partial charge in [-0.1, -0.05) is 11.6 Å². The molecule has 6 heteroatoms. The lowest BCUT2D eigenvalue weighted by atomic mass is 10.2. The van der Waals surface area contributed by atoms with Gasteiger partial charge in [0.15, 0.2) is 0 Å². The number of ether oxygens (including phenoxy) is 1. The lowest BCUT2D eigenvalue weighted by Crippen LogP contribution is -2.30. The van der Waals surface area contributed by atoms with Crippen molar-refractivity contribution >= 4 is 23.3 Å². The van der Waals surface area contributed by atoms with E-state index < -0.39 is 0 Å². The molecule has 0 aliphatic carbocycles. The zero-order chi connectivity index (χ0) is 13.5. The maximum absolute atomic E-state index is 12.2. The van der Waals surface area contributed by atoms with E-state index in [4.69, 9.17) is 16.3 Å². The second kappa shape index (κ2) is 7.18. The number of nitrogens with zero attached hydrogens (tertiary/aromatic N) is 2. The minimum absolute atomic E-state index is 0.140. The summed E-state index contributed by atoms with van der Waals surface area (Å²) in [6, 6.07) is 1.64. The molecule has 0 aliphatic heterocycles. The topological polar surface area (TPSA) is 54.5 Å². The van der Waals surface area contributed by atoms with Gasteiger partial charge in [0.1, 0.15) is 5.82 Å². The second-order valence-electron chi connectivity index (χ2n) is 3.72. The van der Waals surface area contributed by atoms with Crippen molar-refractivity contribution in [2.45, 2.75) is 6.92 Å². The highest BCUT2D eigenvalue weighted by atomic mass is 35.5. The summed E-state index contributed by atoms with van der Waals surface area (Å²) < 4.78 is 5.21. The van der Waals surface area contributed by atoms with Gasteiger partial charge in [0.05, 0.1) is 17.2 Å². The second-order valence-corrected chi connectivity index (χ2v) is 4.13. The molecule has 0 fully saturated rings. The van der Waals surface area contributed by atoms with E-state index in [0.717, 1.165) is 0 Å². The standard InChI is InChI=1S/C12H18ClN3O2/c1-4-18-6-5-16(3)12(17)9-7-11(14-2)15-8-10(9)13/h7-8H,4-6H2,1-3H3,(H,14,15). The Labute approximate surface area is 112 Å². The molecule has 0 unspecified atom stereocenters. The summed E-state index contributed by atoms with van der Waals surface area (Å²) in [7, 11) is 3.46. The molecule has 0 aromatic carbocycles. The Morgan fingerprint density at radius 2 is 2.33 bits per heavy atom. The number of anilines is 1. The van der Waals surface area contributed by atoms with Gasteiger partial charge in [0, 0.05) is 33.4 Å². The van der Waals surface area contributed by atoms with E-state index in [-0.39, 0.29) is 5.91 Å². The van der Waals surface area contributed by atoms with Crippen molar-refractivity contribution in [1.29, 1.82) is 0 Å². The zero-order valence-electron chi connectivity index (χ0n) is 10.9. The van der Waals surface area contributed by atoms with E-state index in [1.165, 1.54) is 6.20 Å². The molecule has 18 heavy (non-hydrogen) atoms. The van der Waals surface area contributed by atoms with Crippen LogP contribution >= 0.6 is 11.6 Å². The first kappa shape index (κ1) is 14.7. The molecule has 0 aliphatic rings. The van der Waals surface area contributed by atoms with Crippen LogP contribution in [0.3, 0.4) is 0 Å². The Morgan fingerprint density at radius 1 is 1.61 bits per heavy atom. The van der Waals surface area contributed by atoms with Crippen molar-refractivity contribution < 1.29 is 9.53 Å². The van der Waals surface area contributed by atoms with Crippen molar-refractivity contribution in [2.75, 3.05) is 39.2 Å². The van der Waals surface area contributed by atoms with Gasteiger partial charge in [-0.3, -0.25) is 4.79 Å². The fourth-order valence-corrected chi connectivity index (χ4v) is 1.58. The molecular formula is C12H18ClN3O2. The van der Waals surface area contributed by atoms with E-state index in [2.05, 4.69) is 10.3 Å². The maximum Gasteiger partial charge on any atom is 0.255 e. The predicted octanol–water partition coefficient (Wildman–Crippen LogP) is 1.89. The number of likely N-dealkylation sites (N-methyl/N-ethyl adjacent to an activating group) is 1. The minimum Gasteiger partial charge on any atom is -0.380 e. The molecular weight excluding hydrogens is 254 g/mol. The van der Waals surface area contributed by atoms with Crippen molar-refractivity contribution in [1.82, 2.24) is 9.88 Å². The number of carbonyl (C=O) groups is 1. The summed E-state index contributed by atoms with van der Waals surface area (Å²) >= 11 is 5.98. The lowest BCUT2D eigenvalue weighted by molar-refractivity contribution is 0.0710. The molecule has 1 rings (SSSR count). The smallest absolute Gasteiger partial charge is 0.255 e. The third-order valence-corrected chi connectivity index (χ3v) is 2.76. The summed E-state index contributed by atoms with van der Waals surface area (Å²) in [5.41, 5.74) is 0.440. The number of carbonyl (C=O) groups excluding carboxylic acids is 1. The van der Waals surface area contributed by atoms with Gasteiger partial charge in [-0.25, -0.2) is 4.98 Å². The molecule has 0 saturated heterocycles. The van der Waals surface area contributed by atoms with E-state index >= 15 is 0 Å². The highest BCUT2D eigenvalue weighted by molar-refractivity contribution is 6.33. The first-order valence-electron chi connectivity index (χ1n) is 5.76. The fraction of sp³-hybridized carbons (Fsp3) is 0.500. The third-order valence-electron chi connectivity index (χ3n) is 2.46. The Bertz CT molecular complexity index is 412. The van der Waals surface area contributed by atoms with Crippen LogP contribution in [0.25, 0.3) is 0 Å². The highest BCUT2D eigenvalue weighted by Crippen LogP contribution is 2.19. The quantitative estimate of drug-likeness (QED) is 0.803. The molecule has 1 aromatic rings. The number of nitrogens with one attached hydrogen (secondary N) is 1. The van der Waals surface area contributed by atoms with Gasteiger partial charge in [0.2, 0.25) is 0 Å². The summed E-state index contributed by atoms with van der Waals surface area (Å²) in [5.74, 6) is 0.472. The van der Waals surface area contributed by atoms with Crippen molar-refractivity contribution in [2.24, 2.45) is 0 Å². The average molecular weight is 272 g/mol. The Hall–Kier alpha value is -1.33. The maximum atomic E-state index is 12.2. The molecule has 1 heterocycles. The predicted molar refractivity (Wildman–Crippen MR) is 72.2 cm³/mol. The molecule has 1 amide bonds. The van der Waals surface area contributed by atoms with Crippen LogP contribution in [0.2, 0.25) is 5.02 Å². The van der Waals surface area contributed by atoms with Gasteiger partial charge in [-0.05, 0) is 13.0 Å². The molecule has 0 spiro atoms. The van der Waals surface area contributed by atoms with Gasteiger partial charge < -0.3 is 15.0 Å². The number of amides is 1. The fourth-order valence-electron chi connectivity index (χ4n) is 1.39. The van der Waals surface area contributed by atoms with E-state index in [0.29, 0.717) is 36.2 Å². The summed E-state index contributed by atoms with van der Waals surface area (Å²) in [5, 5.41) is 3.22. The van der Waals surface area contributed by atoms with Crippen LogP contribution in [0.5, 0.6) is 0 Å². The number of halogens is 1. The third kappa shape index (κ3) is 3.85. The van der Waals surface area contributed by atoms with Crippen LogP contribution in [0.4, 0.5) is 5.82 Å². The van der Waals surface area contributed by atoms with Crippen LogP contribution < -0.4 is 5.32 Å². The number of rotatable bonds is 6. The summed E-state index contributed by atoms with van der Waals surface area (Å²) in [6.07, 6.45) is 1.47. The van der Waals surface area contributed by atoms with Crippen LogP contribution in [0.15, 0.2) is 12.3 Å². The molecule has 5 nitrogen and oxygen atoms in total. The summed E-state index contributed by atoms with van der Waals surface area (Å²) in [6.45, 7) is 3.60. The molecule has 0 atom stereocenters. The molecule has 0 saturated carbocycles. The van der Waals surface area contributed by atoms with Gasteiger partial charge in [-0.2, -0.15) is 0 Å². The molecule has 0 bridgehead atoms. The number of pyridine rings is 1. The monoisotopic (exact) mass is 271 g/mol. The van der Waals surface area contributed by atoms with Crippen LogP contribution in [-0.2, 0) is 4.74 Å². The molecule has 0 radical (unpaired) electrons. The van der Waals surface area contributed by atoms with E-state index in [1.54, 1.807) is 25.1 Å². The zero-order valence-corrected chi connectivity index (χ0v) is 11.6. The van der Waals surface area contributed by atoms with Crippen molar-refractivity contribution in [3.63, 3.8) is 0 Å². The van der Waals surface area contributed by atoms with E-state index in [1.807, 2.05) is 6.92 Å². The van der Waals surface area contributed by atoms with Crippen molar-refractivity contribution in [3.05, 3.63) is 22.8 Å². The van der Waals surface area contributed by atoms with Crippen molar-refractivity contribution in [3.8, 4) is 0 Å². The lowest BCUT2D eigenvalue weighted by Gasteiger charge is -2.18. The largest absolute Gasteiger partial charge is 0.380 e. The van der Waals surface area contributed by atoms with Gasteiger partial charge in [-0.15, -0.1) is 0 Å². The number of hydrogen-bond acceptors (Lipinski definition) is 4. The van der Waals surface area contributed by atoms with Gasteiger partial charge >= 0.3 is 0 Å². The molecule has 1 N–H and O–H groups in total. The summed E-state index contributed by atoms with van der Waals surface area (Å²) in [4.78, 5) is 17.8. The average Bonchev–Trinajstić information content (AvgIpc) is 2.38. The SMILES string of the molecule is CCOCCN(C)C(=O)c1cc(NC)ncc1Cl. The highest BCUT2D eigenvalue weighted by Gasteiger charge is 2.16. The van der Waals surface area contributed by atoms with Crippen LogP contribution in [0.1, 0.15) is 17.3 Å². The number of hydrogen-bond donors (Lipinski definition) is 1. The Morgan fingerprint density at radius 3 is 2.94 bits per heavy atom. The molecule has 100 valence electrons. The normalized spacial score (nSPS) is 10.2.